The van der Waals surface area contributed by atoms with Gasteiger partial charge < -0.3 is 15.2 Å². The van der Waals surface area contributed by atoms with E-state index in [1.807, 2.05) is 25.1 Å². The van der Waals surface area contributed by atoms with Gasteiger partial charge in [0.15, 0.2) is 11.5 Å². The second kappa shape index (κ2) is 8.28. The first-order chi connectivity index (χ1) is 10.2. The van der Waals surface area contributed by atoms with E-state index in [9.17, 15) is 5.11 Å². The van der Waals surface area contributed by atoms with Gasteiger partial charge in [-0.25, -0.2) is 0 Å². The van der Waals surface area contributed by atoms with Gasteiger partial charge in [0.05, 0.1) is 6.61 Å². The Morgan fingerprint density at radius 1 is 1.33 bits per heavy atom. The molecule has 0 saturated heterocycles. The van der Waals surface area contributed by atoms with Crippen molar-refractivity contribution in [1.82, 2.24) is 5.32 Å². The molecule has 1 aromatic carbocycles. The Hall–Kier alpha value is -1.22. The molecule has 21 heavy (non-hydrogen) atoms. The summed E-state index contributed by atoms with van der Waals surface area (Å²) in [4.78, 5) is 0. The Morgan fingerprint density at radius 3 is 2.95 bits per heavy atom. The van der Waals surface area contributed by atoms with Crippen LogP contribution in [-0.4, -0.2) is 18.3 Å². The summed E-state index contributed by atoms with van der Waals surface area (Å²) in [5.74, 6) is 2.64. The number of phenols is 1. The Labute approximate surface area is 128 Å². The maximum absolute atomic E-state index is 10.1. The highest BCUT2D eigenvalue weighted by Gasteiger charge is 2.18. The van der Waals surface area contributed by atoms with Crippen molar-refractivity contribution in [1.29, 1.82) is 0 Å². The minimum absolute atomic E-state index is 0.276. The molecule has 3 nitrogen and oxygen atoms in total. The summed E-state index contributed by atoms with van der Waals surface area (Å²) in [6.45, 7) is 6.60. The monoisotopic (exact) mass is 291 g/mol. The van der Waals surface area contributed by atoms with Crippen LogP contribution in [0.4, 0.5) is 0 Å². The van der Waals surface area contributed by atoms with Crippen LogP contribution in [0.3, 0.4) is 0 Å². The van der Waals surface area contributed by atoms with E-state index in [0.717, 1.165) is 23.9 Å². The molecule has 2 unspecified atom stereocenters. The summed E-state index contributed by atoms with van der Waals surface area (Å²) >= 11 is 0. The minimum atomic E-state index is 0.276. The normalized spacial score (nSPS) is 22.2. The average molecular weight is 291 g/mol. The van der Waals surface area contributed by atoms with Gasteiger partial charge in [-0.05, 0) is 44.2 Å². The average Bonchev–Trinajstić information content (AvgIpc) is 2.47. The van der Waals surface area contributed by atoms with Crippen molar-refractivity contribution in [2.24, 2.45) is 11.8 Å². The molecule has 1 aliphatic carbocycles. The zero-order valence-corrected chi connectivity index (χ0v) is 13.4. The first-order valence-corrected chi connectivity index (χ1v) is 8.35. The molecule has 1 aromatic rings. The maximum Gasteiger partial charge on any atom is 0.162 e. The smallest absolute Gasteiger partial charge is 0.162 e. The zero-order valence-electron chi connectivity index (χ0n) is 13.4. The summed E-state index contributed by atoms with van der Waals surface area (Å²) in [5, 5.41) is 13.6. The van der Waals surface area contributed by atoms with Crippen molar-refractivity contribution in [3.8, 4) is 11.5 Å². The third-order valence-corrected chi connectivity index (χ3v) is 4.47. The largest absolute Gasteiger partial charge is 0.504 e. The SMILES string of the molecule is CCOc1cccc(CNCCC2CCCC(C)C2)c1O. The van der Waals surface area contributed by atoms with Gasteiger partial charge in [0.2, 0.25) is 0 Å². The molecule has 0 aromatic heterocycles. The number of hydrogen-bond donors (Lipinski definition) is 2. The van der Waals surface area contributed by atoms with Crippen LogP contribution in [0, 0.1) is 11.8 Å². The predicted octanol–water partition coefficient (Wildman–Crippen LogP) is 4.10. The molecule has 0 heterocycles. The van der Waals surface area contributed by atoms with Crippen molar-refractivity contribution in [3.63, 3.8) is 0 Å². The minimum Gasteiger partial charge on any atom is -0.504 e. The van der Waals surface area contributed by atoms with E-state index in [4.69, 9.17) is 4.74 Å². The molecule has 2 rings (SSSR count). The van der Waals surface area contributed by atoms with Gasteiger partial charge in [0.25, 0.3) is 0 Å². The van der Waals surface area contributed by atoms with Crippen molar-refractivity contribution < 1.29 is 9.84 Å². The molecule has 0 bridgehead atoms. The summed E-state index contributed by atoms with van der Waals surface area (Å²) in [7, 11) is 0. The number of phenolic OH excluding ortho intramolecular Hbond substituents is 1. The standard InChI is InChI=1S/C18H29NO2/c1-3-21-17-9-5-8-16(18(17)20)13-19-11-10-15-7-4-6-14(2)12-15/h5,8-9,14-15,19-20H,3-4,6-7,10-13H2,1-2H3. The van der Waals surface area contributed by atoms with Crippen LogP contribution in [0.1, 0.15) is 51.5 Å². The molecule has 2 atom stereocenters. The molecule has 3 heteroatoms. The topological polar surface area (TPSA) is 41.5 Å². The molecule has 0 spiro atoms. The lowest BCUT2D eigenvalue weighted by atomic mass is 9.81. The van der Waals surface area contributed by atoms with Gasteiger partial charge in [0.1, 0.15) is 0 Å². The molecule has 0 radical (unpaired) electrons. The van der Waals surface area contributed by atoms with Crippen molar-refractivity contribution >= 4 is 0 Å². The van der Waals surface area contributed by atoms with Crippen molar-refractivity contribution in [2.45, 2.75) is 52.5 Å². The van der Waals surface area contributed by atoms with Crippen molar-refractivity contribution in [3.05, 3.63) is 23.8 Å². The Kier molecular flexibility index (Phi) is 6.37. The zero-order chi connectivity index (χ0) is 15.1. The number of nitrogens with one attached hydrogen (secondary N) is 1. The summed E-state index contributed by atoms with van der Waals surface area (Å²) < 4.78 is 5.41. The van der Waals surface area contributed by atoms with Gasteiger partial charge in [0, 0.05) is 12.1 Å². The number of rotatable bonds is 7. The van der Waals surface area contributed by atoms with Crippen molar-refractivity contribution in [2.75, 3.05) is 13.2 Å². The molecule has 2 N–H and O–H groups in total. The van der Waals surface area contributed by atoms with Crippen LogP contribution in [-0.2, 0) is 6.54 Å². The van der Waals surface area contributed by atoms with Gasteiger partial charge in [-0.15, -0.1) is 0 Å². The number of para-hydroxylation sites is 1. The van der Waals surface area contributed by atoms with E-state index in [-0.39, 0.29) is 5.75 Å². The number of hydrogen-bond acceptors (Lipinski definition) is 3. The number of ether oxygens (including phenoxy) is 1. The molecular weight excluding hydrogens is 262 g/mol. The Bertz CT molecular complexity index is 433. The number of benzene rings is 1. The lowest BCUT2D eigenvalue weighted by molar-refractivity contribution is 0.267. The van der Waals surface area contributed by atoms with Crippen LogP contribution in [0.5, 0.6) is 11.5 Å². The highest BCUT2D eigenvalue weighted by Crippen LogP contribution is 2.31. The fraction of sp³-hybridized carbons (Fsp3) is 0.667. The molecule has 0 amide bonds. The quantitative estimate of drug-likeness (QED) is 0.743. The second-order valence-corrected chi connectivity index (χ2v) is 6.30. The summed E-state index contributed by atoms with van der Waals surface area (Å²) in [6, 6.07) is 5.70. The van der Waals surface area contributed by atoms with Gasteiger partial charge in [-0.1, -0.05) is 38.3 Å². The summed E-state index contributed by atoms with van der Waals surface area (Å²) in [5.41, 5.74) is 0.915. The van der Waals surface area contributed by atoms with E-state index in [1.54, 1.807) is 0 Å². The maximum atomic E-state index is 10.1. The van der Waals surface area contributed by atoms with Gasteiger partial charge >= 0.3 is 0 Å². The first-order valence-electron chi connectivity index (χ1n) is 8.35. The third-order valence-electron chi connectivity index (χ3n) is 4.47. The fourth-order valence-corrected chi connectivity index (χ4v) is 3.33. The predicted molar refractivity (Wildman–Crippen MR) is 86.7 cm³/mol. The first kappa shape index (κ1) is 16.2. The fourth-order valence-electron chi connectivity index (χ4n) is 3.33. The highest BCUT2D eigenvalue weighted by molar-refractivity contribution is 5.45. The Morgan fingerprint density at radius 2 is 2.19 bits per heavy atom. The van der Waals surface area contributed by atoms with Gasteiger partial charge in [-0.2, -0.15) is 0 Å². The lowest BCUT2D eigenvalue weighted by Gasteiger charge is -2.26. The van der Waals surface area contributed by atoms with E-state index in [2.05, 4.69) is 12.2 Å². The van der Waals surface area contributed by atoms with E-state index in [0.29, 0.717) is 18.9 Å². The Balaban J connectivity index is 1.74. The van der Waals surface area contributed by atoms with Crippen LogP contribution < -0.4 is 10.1 Å². The van der Waals surface area contributed by atoms with Crippen LogP contribution in [0.25, 0.3) is 0 Å². The van der Waals surface area contributed by atoms with Crippen LogP contribution in [0.15, 0.2) is 18.2 Å². The van der Waals surface area contributed by atoms with Gasteiger partial charge in [-0.3, -0.25) is 0 Å². The van der Waals surface area contributed by atoms with E-state index >= 15 is 0 Å². The van der Waals surface area contributed by atoms with E-state index < -0.39 is 0 Å². The molecule has 1 saturated carbocycles. The molecule has 1 fully saturated rings. The van der Waals surface area contributed by atoms with E-state index in [1.165, 1.54) is 32.1 Å². The molecular formula is C18H29NO2. The third kappa shape index (κ3) is 4.92. The van der Waals surface area contributed by atoms with Crippen LogP contribution in [0.2, 0.25) is 0 Å². The lowest BCUT2D eigenvalue weighted by Crippen LogP contribution is -2.21. The molecule has 0 aliphatic heterocycles. The molecule has 1 aliphatic rings. The van der Waals surface area contributed by atoms with Crippen LogP contribution >= 0.6 is 0 Å². The second-order valence-electron chi connectivity index (χ2n) is 6.30. The molecule has 118 valence electrons. The summed E-state index contributed by atoms with van der Waals surface area (Å²) in [6.07, 6.45) is 6.81. The number of aromatic hydroxyl groups is 1. The highest BCUT2D eigenvalue weighted by atomic mass is 16.5.